The molecule has 152 valence electrons. The molecule has 6 atom stereocenters. The number of ether oxygens (including phenoxy) is 3. The number of allylic oxidation sites excluding steroid dienone is 1. The van der Waals surface area contributed by atoms with Gasteiger partial charge < -0.3 is 24.4 Å². The molecule has 0 unspecified atom stereocenters. The molecule has 0 aliphatic carbocycles. The van der Waals surface area contributed by atoms with Crippen molar-refractivity contribution in [3.05, 3.63) is 22.8 Å². The largest absolute Gasteiger partial charge is 0.425 e. The first-order valence-corrected chi connectivity index (χ1v) is 9.83. The second kappa shape index (κ2) is 7.32. The first-order valence-electron chi connectivity index (χ1n) is 9.83. The van der Waals surface area contributed by atoms with Gasteiger partial charge in [0.15, 0.2) is 0 Å². The number of rotatable bonds is 1. The highest BCUT2D eigenvalue weighted by Crippen LogP contribution is 2.45. The Morgan fingerprint density at radius 3 is 2.63 bits per heavy atom. The highest BCUT2D eigenvalue weighted by molar-refractivity contribution is 5.92. The van der Waals surface area contributed by atoms with E-state index in [1.807, 2.05) is 13.8 Å². The van der Waals surface area contributed by atoms with Crippen LogP contribution in [0.5, 0.6) is 0 Å². The Morgan fingerprint density at radius 2 is 1.96 bits per heavy atom. The maximum absolute atomic E-state index is 12.3. The maximum atomic E-state index is 12.3. The van der Waals surface area contributed by atoms with Gasteiger partial charge in [0.05, 0.1) is 11.7 Å². The summed E-state index contributed by atoms with van der Waals surface area (Å²) in [5, 5.41) is 22.1. The van der Waals surface area contributed by atoms with Crippen LogP contribution in [-0.2, 0) is 19.0 Å². The molecule has 0 aromatic heterocycles. The van der Waals surface area contributed by atoms with E-state index in [4.69, 9.17) is 14.2 Å². The third-order valence-corrected chi connectivity index (χ3v) is 6.54. The van der Waals surface area contributed by atoms with Gasteiger partial charge in [-0.3, -0.25) is 0 Å². The van der Waals surface area contributed by atoms with Crippen molar-refractivity contribution in [1.82, 2.24) is 0 Å². The number of hydrogen-bond donors (Lipinski definition) is 2. The maximum Gasteiger partial charge on any atom is 0.336 e. The molecule has 1 fully saturated rings. The molecule has 0 radical (unpaired) electrons. The van der Waals surface area contributed by atoms with Crippen molar-refractivity contribution < 1.29 is 29.2 Å². The Bertz CT molecular complexity index is 668. The Labute approximate surface area is 161 Å². The number of esters is 1. The summed E-state index contributed by atoms with van der Waals surface area (Å²) in [7, 11) is 1.46. The number of carbonyl (C=O) groups excluding carboxylic acids is 1. The summed E-state index contributed by atoms with van der Waals surface area (Å²) >= 11 is 0. The van der Waals surface area contributed by atoms with Crippen molar-refractivity contribution in [2.45, 2.75) is 89.5 Å². The van der Waals surface area contributed by atoms with Crippen LogP contribution in [0.1, 0.15) is 59.8 Å². The molecule has 1 saturated heterocycles. The van der Waals surface area contributed by atoms with Crippen LogP contribution in [0, 0.1) is 5.92 Å². The third-order valence-electron chi connectivity index (χ3n) is 6.54. The number of fused-ring (bicyclic) bond motifs is 3. The van der Waals surface area contributed by atoms with E-state index >= 15 is 0 Å². The zero-order valence-electron chi connectivity index (χ0n) is 16.9. The lowest BCUT2D eigenvalue weighted by atomic mass is 9.82. The highest BCUT2D eigenvalue weighted by atomic mass is 16.7. The van der Waals surface area contributed by atoms with Gasteiger partial charge in [0, 0.05) is 24.7 Å². The Balaban J connectivity index is 2.07. The van der Waals surface area contributed by atoms with E-state index in [0.717, 1.165) is 24.8 Å². The van der Waals surface area contributed by atoms with Gasteiger partial charge in [-0.2, -0.15) is 0 Å². The van der Waals surface area contributed by atoms with Gasteiger partial charge in [-0.05, 0) is 52.4 Å². The minimum absolute atomic E-state index is 0.0510. The lowest BCUT2D eigenvalue weighted by Gasteiger charge is -2.38. The fourth-order valence-electron chi connectivity index (χ4n) is 4.70. The number of methoxy groups -OCH3 is 1. The van der Waals surface area contributed by atoms with Gasteiger partial charge in [0.2, 0.25) is 5.79 Å². The van der Waals surface area contributed by atoms with Crippen LogP contribution in [0.3, 0.4) is 0 Å². The fourth-order valence-corrected chi connectivity index (χ4v) is 4.70. The zero-order valence-corrected chi connectivity index (χ0v) is 16.9. The van der Waals surface area contributed by atoms with Gasteiger partial charge in [0.1, 0.15) is 12.2 Å². The molecule has 3 aliphatic heterocycles. The molecule has 3 rings (SSSR count). The number of aliphatic hydroxyl groups excluding tert-OH is 2. The predicted molar refractivity (Wildman–Crippen MR) is 99.8 cm³/mol. The molecule has 3 heterocycles. The Morgan fingerprint density at radius 1 is 1.26 bits per heavy atom. The summed E-state index contributed by atoms with van der Waals surface area (Å²) in [6.45, 7) is 7.58. The third kappa shape index (κ3) is 3.48. The van der Waals surface area contributed by atoms with Crippen LogP contribution < -0.4 is 0 Å². The summed E-state index contributed by atoms with van der Waals surface area (Å²) in [6, 6.07) is 0. The number of carbonyl (C=O) groups is 1. The van der Waals surface area contributed by atoms with E-state index in [2.05, 4.69) is 13.0 Å². The summed E-state index contributed by atoms with van der Waals surface area (Å²) in [4.78, 5) is 12.3. The standard InChI is InChI=1S/C21H32O6/c1-12-7-6-8-13(2)15-9-10-20(4,26-15)18(23)17(22)16-14(3)19(24)27-21(16,11-12)25-5/h7,13,15,17-18,22-23H,6,8-11H2,1-5H3/b12-7-/t13-,15-,17-,18+,20+,21-/m0/s1. The molecule has 0 saturated carbocycles. The van der Waals surface area contributed by atoms with Gasteiger partial charge >= 0.3 is 5.97 Å². The molecule has 0 aromatic rings. The summed E-state index contributed by atoms with van der Waals surface area (Å²) < 4.78 is 17.5. The molecule has 27 heavy (non-hydrogen) atoms. The average Bonchev–Trinajstić information content (AvgIpc) is 3.13. The second-order valence-electron chi connectivity index (χ2n) is 8.56. The van der Waals surface area contributed by atoms with Crippen LogP contribution in [0.15, 0.2) is 22.8 Å². The highest BCUT2D eigenvalue weighted by Gasteiger charge is 2.55. The topological polar surface area (TPSA) is 85.2 Å². The van der Waals surface area contributed by atoms with E-state index in [-0.39, 0.29) is 11.7 Å². The van der Waals surface area contributed by atoms with Gasteiger partial charge in [0.25, 0.3) is 0 Å². The summed E-state index contributed by atoms with van der Waals surface area (Å²) in [5.74, 6) is -1.56. The van der Waals surface area contributed by atoms with E-state index in [1.165, 1.54) is 7.11 Å². The van der Waals surface area contributed by atoms with E-state index in [0.29, 0.717) is 24.3 Å². The van der Waals surface area contributed by atoms with Crippen molar-refractivity contribution in [3.8, 4) is 0 Å². The van der Waals surface area contributed by atoms with Crippen LogP contribution in [-0.4, -0.2) is 53.0 Å². The molecule has 2 N–H and O–H groups in total. The summed E-state index contributed by atoms with van der Waals surface area (Å²) in [5.41, 5.74) is 0.725. The second-order valence-corrected chi connectivity index (χ2v) is 8.56. The quantitative estimate of drug-likeness (QED) is 0.537. The lowest BCUT2D eigenvalue weighted by Crippen LogP contribution is -2.51. The zero-order chi connectivity index (χ0) is 20.0. The van der Waals surface area contributed by atoms with Crippen molar-refractivity contribution in [1.29, 1.82) is 0 Å². The average molecular weight is 380 g/mol. The minimum Gasteiger partial charge on any atom is -0.425 e. The van der Waals surface area contributed by atoms with E-state index in [1.54, 1.807) is 6.92 Å². The first kappa shape index (κ1) is 20.5. The van der Waals surface area contributed by atoms with Gasteiger partial charge in [-0.1, -0.05) is 18.6 Å². The Kier molecular flexibility index (Phi) is 5.56. The lowest BCUT2D eigenvalue weighted by molar-refractivity contribution is -0.201. The van der Waals surface area contributed by atoms with Crippen LogP contribution >= 0.6 is 0 Å². The molecule has 2 bridgehead atoms. The normalized spacial score (nSPS) is 45.3. The molecule has 6 heteroatoms. The summed E-state index contributed by atoms with van der Waals surface area (Å²) in [6.07, 6.45) is 3.35. The van der Waals surface area contributed by atoms with E-state index in [9.17, 15) is 15.0 Å². The van der Waals surface area contributed by atoms with Crippen molar-refractivity contribution in [2.24, 2.45) is 5.92 Å². The van der Waals surface area contributed by atoms with Crippen molar-refractivity contribution in [2.75, 3.05) is 7.11 Å². The Hall–Kier alpha value is -1.21. The minimum atomic E-state index is -1.39. The van der Waals surface area contributed by atoms with Crippen LogP contribution in [0.4, 0.5) is 0 Å². The molecule has 0 aromatic carbocycles. The molecule has 0 amide bonds. The first-order chi connectivity index (χ1) is 12.6. The number of aliphatic hydroxyl groups is 2. The molecule has 6 nitrogen and oxygen atoms in total. The van der Waals surface area contributed by atoms with Gasteiger partial charge in [-0.25, -0.2) is 4.79 Å². The van der Waals surface area contributed by atoms with Crippen molar-refractivity contribution in [3.63, 3.8) is 0 Å². The molecule has 0 spiro atoms. The van der Waals surface area contributed by atoms with Crippen LogP contribution in [0.25, 0.3) is 0 Å². The van der Waals surface area contributed by atoms with Crippen LogP contribution in [0.2, 0.25) is 0 Å². The molecular weight excluding hydrogens is 348 g/mol. The predicted octanol–water partition coefficient (Wildman–Crippen LogP) is 2.63. The number of hydrogen-bond acceptors (Lipinski definition) is 6. The monoisotopic (exact) mass is 380 g/mol. The van der Waals surface area contributed by atoms with Gasteiger partial charge in [-0.15, -0.1) is 0 Å². The molecular formula is C21H32O6. The fraction of sp³-hybridized carbons (Fsp3) is 0.762. The van der Waals surface area contributed by atoms with E-state index < -0.39 is 29.6 Å². The smallest absolute Gasteiger partial charge is 0.336 e. The van der Waals surface area contributed by atoms with Crippen molar-refractivity contribution >= 4 is 5.97 Å². The SMILES string of the molecule is CO[C@]12C/C(C)=C\CC[C@H](C)[C@@H]3CC[C@@](C)(O3)[C@H](O)[C@@H](O)C1=C(C)C(=O)O2. The molecule has 3 aliphatic rings.